The molecule has 1 aromatic rings. The standard InChI is InChI=1S/C8H10ClNOS/c1-8(2,3)6-5(4-11)12-7(9)10-6/h4H,1-3H3. The molecular weight excluding hydrogens is 194 g/mol. The zero-order valence-electron chi connectivity index (χ0n) is 7.22. The minimum Gasteiger partial charge on any atom is -0.297 e. The first-order valence-electron chi connectivity index (χ1n) is 3.57. The van der Waals surface area contributed by atoms with E-state index in [9.17, 15) is 4.79 Å². The number of aromatic nitrogens is 1. The maximum atomic E-state index is 10.6. The Balaban J connectivity index is 3.22. The van der Waals surface area contributed by atoms with Gasteiger partial charge in [0, 0.05) is 5.41 Å². The van der Waals surface area contributed by atoms with Crippen LogP contribution < -0.4 is 0 Å². The fourth-order valence-corrected chi connectivity index (χ4v) is 2.07. The van der Waals surface area contributed by atoms with Crippen molar-refractivity contribution < 1.29 is 4.79 Å². The number of carbonyl (C=O) groups is 1. The molecule has 66 valence electrons. The van der Waals surface area contributed by atoms with Gasteiger partial charge in [0.1, 0.15) is 0 Å². The molecule has 0 N–H and O–H groups in total. The maximum Gasteiger partial charge on any atom is 0.184 e. The molecule has 1 heterocycles. The molecule has 1 rings (SSSR count). The van der Waals surface area contributed by atoms with Crippen LogP contribution >= 0.6 is 22.9 Å². The van der Waals surface area contributed by atoms with Gasteiger partial charge in [-0.25, -0.2) is 4.98 Å². The third kappa shape index (κ3) is 1.84. The minimum absolute atomic E-state index is 0.111. The predicted octanol–water partition coefficient (Wildman–Crippen LogP) is 2.91. The van der Waals surface area contributed by atoms with Crippen molar-refractivity contribution in [2.75, 3.05) is 0 Å². The summed E-state index contributed by atoms with van der Waals surface area (Å²) in [6, 6.07) is 0. The molecule has 0 spiro atoms. The van der Waals surface area contributed by atoms with E-state index >= 15 is 0 Å². The van der Waals surface area contributed by atoms with Crippen molar-refractivity contribution >= 4 is 29.2 Å². The second kappa shape index (κ2) is 3.15. The van der Waals surface area contributed by atoms with E-state index in [-0.39, 0.29) is 5.41 Å². The monoisotopic (exact) mass is 203 g/mol. The molecule has 0 saturated carbocycles. The van der Waals surface area contributed by atoms with Gasteiger partial charge in [-0.1, -0.05) is 43.7 Å². The van der Waals surface area contributed by atoms with Crippen molar-refractivity contribution in [3.8, 4) is 0 Å². The van der Waals surface area contributed by atoms with E-state index in [0.717, 1.165) is 12.0 Å². The highest BCUT2D eigenvalue weighted by Gasteiger charge is 2.22. The first kappa shape index (κ1) is 9.68. The third-order valence-electron chi connectivity index (χ3n) is 1.44. The number of nitrogens with zero attached hydrogens (tertiary/aromatic N) is 1. The molecule has 0 atom stereocenters. The van der Waals surface area contributed by atoms with E-state index in [4.69, 9.17) is 11.6 Å². The van der Waals surface area contributed by atoms with Gasteiger partial charge in [0.05, 0.1) is 10.6 Å². The Morgan fingerprint density at radius 1 is 1.50 bits per heavy atom. The first-order chi connectivity index (χ1) is 5.45. The molecule has 0 unspecified atom stereocenters. The van der Waals surface area contributed by atoms with Crippen molar-refractivity contribution in [2.24, 2.45) is 0 Å². The molecule has 4 heteroatoms. The SMILES string of the molecule is CC(C)(C)c1nc(Cl)sc1C=O. The Morgan fingerprint density at radius 2 is 2.08 bits per heavy atom. The van der Waals surface area contributed by atoms with E-state index in [0.29, 0.717) is 9.34 Å². The summed E-state index contributed by atoms with van der Waals surface area (Å²) in [7, 11) is 0. The number of hydrogen-bond acceptors (Lipinski definition) is 3. The van der Waals surface area contributed by atoms with E-state index in [1.54, 1.807) is 0 Å². The summed E-state index contributed by atoms with van der Waals surface area (Å²) in [6.07, 6.45) is 0.810. The van der Waals surface area contributed by atoms with Crippen LogP contribution in [-0.4, -0.2) is 11.3 Å². The Kier molecular flexibility index (Phi) is 2.54. The van der Waals surface area contributed by atoms with Gasteiger partial charge in [-0.15, -0.1) is 0 Å². The van der Waals surface area contributed by atoms with Gasteiger partial charge in [0.15, 0.2) is 10.8 Å². The van der Waals surface area contributed by atoms with Crippen LogP contribution in [0.3, 0.4) is 0 Å². The van der Waals surface area contributed by atoms with Gasteiger partial charge in [-0.05, 0) is 0 Å². The second-order valence-corrected chi connectivity index (χ2v) is 5.16. The predicted molar refractivity (Wildman–Crippen MR) is 51.2 cm³/mol. The molecule has 0 aliphatic heterocycles. The maximum absolute atomic E-state index is 10.6. The molecule has 0 fully saturated rings. The van der Waals surface area contributed by atoms with Crippen molar-refractivity contribution in [3.05, 3.63) is 15.0 Å². The molecule has 1 aromatic heterocycles. The molecule has 0 aromatic carbocycles. The van der Waals surface area contributed by atoms with Gasteiger partial charge in [0.2, 0.25) is 0 Å². The number of carbonyl (C=O) groups excluding carboxylic acids is 1. The van der Waals surface area contributed by atoms with Crippen molar-refractivity contribution in [3.63, 3.8) is 0 Å². The average molecular weight is 204 g/mol. The molecule has 0 aliphatic rings. The molecule has 0 aliphatic carbocycles. The van der Waals surface area contributed by atoms with Crippen molar-refractivity contribution in [1.29, 1.82) is 0 Å². The Hall–Kier alpha value is -0.410. The number of thiazole rings is 1. The van der Waals surface area contributed by atoms with Gasteiger partial charge >= 0.3 is 0 Å². The molecule has 2 nitrogen and oxygen atoms in total. The molecule has 0 saturated heterocycles. The van der Waals surface area contributed by atoms with Crippen LogP contribution in [0.15, 0.2) is 0 Å². The van der Waals surface area contributed by atoms with E-state index in [1.165, 1.54) is 11.3 Å². The van der Waals surface area contributed by atoms with E-state index < -0.39 is 0 Å². The molecular formula is C8H10ClNOS. The summed E-state index contributed by atoms with van der Waals surface area (Å²) in [5.74, 6) is 0. The van der Waals surface area contributed by atoms with Crippen molar-refractivity contribution in [2.45, 2.75) is 26.2 Å². The van der Waals surface area contributed by atoms with Crippen LogP contribution in [0.4, 0.5) is 0 Å². The van der Waals surface area contributed by atoms with Gasteiger partial charge in [-0.2, -0.15) is 0 Å². The van der Waals surface area contributed by atoms with Crippen molar-refractivity contribution in [1.82, 2.24) is 4.98 Å². The van der Waals surface area contributed by atoms with Gasteiger partial charge in [-0.3, -0.25) is 4.79 Å². The smallest absolute Gasteiger partial charge is 0.184 e. The normalized spacial score (nSPS) is 11.7. The lowest BCUT2D eigenvalue weighted by Crippen LogP contribution is -2.13. The van der Waals surface area contributed by atoms with E-state index in [1.807, 2.05) is 20.8 Å². The summed E-state index contributed by atoms with van der Waals surface area (Å²) in [6.45, 7) is 6.02. The zero-order chi connectivity index (χ0) is 9.35. The quantitative estimate of drug-likeness (QED) is 0.657. The molecule has 12 heavy (non-hydrogen) atoms. The Bertz CT molecular complexity index is 300. The summed E-state index contributed by atoms with van der Waals surface area (Å²) in [5.41, 5.74) is 0.673. The highest BCUT2D eigenvalue weighted by Crippen LogP contribution is 2.30. The highest BCUT2D eigenvalue weighted by atomic mass is 35.5. The first-order valence-corrected chi connectivity index (χ1v) is 4.76. The van der Waals surface area contributed by atoms with Crippen LogP contribution in [0.1, 0.15) is 36.1 Å². The number of hydrogen-bond donors (Lipinski definition) is 0. The average Bonchev–Trinajstić information content (AvgIpc) is 2.29. The molecule has 0 radical (unpaired) electrons. The number of rotatable bonds is 1. The second-order valence-electron chi connectivity index (χ2n) is 3.55. The van der Waals surface area contributed by atoms with Crippen LogP contribution in [0.5, 0.6) is 0 Å². The van der Waals surface area contributed by atoms with Crippen LogP contribution in [0, 0.1) is 0 Å². The fraction of sp³-hybridized carbons (Fsp3) is 0.500. The summed E-state index contributed by atoms with van der Waals surface area (Å²) in [4.78, 5) is 15.3. The summed E-state index contributed by atoms with van der Waals surface area (Å²) >= 11 is 6.93. The lowest BCUT2D eigenvalue weighted by Gasteiger charge is -2.15. The Morgan fingerprint density at radius 3 is 2.42 bits per heavy atom. The lowest BCUT2D eigenvalue weighted by molar-refractivity contribution is 0.112. The lowest BCUT2D eigenvalue weighted by atomic mass is 9.91. The number of aldehydes is 1. The summed E-state index contributed by atoms with van der Waals surface area (Å²) < 4.78 is 0.432. The van der Waals surface area contributed by atoms with Crippen LogP contribution in [0.25, 0.3) is 0 Å². The minimum atomic E-state index is -0.111. The van der Waals surface area contributed by atoms with Gasteiger partial charge in [0.25, 0.3) is 0 Å². The highest BCUT2D eigenvalue weighted by molar-refractivity contribution is 7.17. The van der Waals surface area contributed by atoms with E-state index in [2.05, 4.69) is 4.98 Å². The fourth-order valence-electron chi connectivity index (χ4n) is 0.922. The zero-order valence-corrected chi connectivity index (χ0v) is 8.79. The third-order valence-corrected chi connectivity index (χ3v) is 2.53. The summed E-state index contributed by atoms with van der Waals surface area (Å²) in [5, 5.41) is 0. The largest absolute Gasteiger partial charge is 0.297 e. The topological polar surface area (TPSA) is 30.0 Å². The number of halogens is 1. The van der Waals surface area contributed by atoms with Gasteiger partial charge < -0.3 is 0 Å². The molecule has 0 bridgehead atoms. The van der Waals surface area contributed by atoms with Crippen LogP contribution in [0.2, 0.25) is 4.47 Å². The molecule has 0 amide bonds. The Labute approximate surface area is 80.6 Å². The van der Waals surface area contributed by atoms with Crippen LogP contribution in [-0.2, 0) is 5.41 Å².